The molecular formula is C31H32F3N3O4. The maximum Gasteiger partial charge on any atom is 0.490 e. The normalized spacial score (nSPS) is 21.7. The van der Waals surface area contributed by atoms with Crippen molar-refractivity contribution in [1.29, 1.82) is 0 Å². The molecule has 0 saturated carbocycles. The van der Waals surface area contributed by atoms with Gasteiger partial charge in [-0.2, -0.15) is 13.2 Å². The van der Waals surface area contributed by atoms with Crippen LogP contribution in [0.2, 0.25) is 0 Å². The molecule has 3 aliphatic rings. The summed E-state index contributed by atoms with van der Waals surface area (Å²) in [6.07, 6.45) is -4.18. The lowest BCUT2D eigenvalue weighted by Gasteiger charge is -2.29. The van der Waals surface area contributed by atoms with E-state index in [9.17, 15) is 22.8 Å². The fraction of sp³-hybridized carbons (Fsp3) is 0.387. The molecule has 3 aliphatic heterocycles. The molecule has 0 aliphatic carbocycles. The van der Waals surface area contributed by atoms with Crippen molar-refractivity contribution in [3.8, 4) is 0 Å². The molecule has 0 spiro atoms. The number of carbonyl (C=O) groups excluding carboxylic acids is 2. The molecule has 2 unspecified atom stereocenters. The summed E-state index contributed by atoms with van der Waals surface area (Å²) in [6, 6.07) is 18.4. The van der Waals surface area contributed by atoms with E-state index < -0.39 is 12.1 Å². The number of amides is 2. The van der Waals surface area contributed by atoms with Gasteiger partial charge >= 0.3 is 12.1 Å². The summed E-state index contributed by atoms with van der Waals surface area (Å²) in [5.41, 5.74) is 5.03. The van der Waals surface area contributed by atoms with E-state index in [1.807, 2.05) is 44.2 Å². The first kappa shape index (κ1) is 28.6. The molecule has 10 heteroatoms. The number of benzene rings is 3. The Balaban J connectivity index is 0.000000431. The van der Waals surface area contributed by atoms with Crippen LogP contribution in [0.4, 0.5) is 13.2 Å². The fourth-order valence-electron chi connectivity index (χ4n) is 6.45. The van der Waals surface area contributed by atoms with Crippen LogP contribution < -0.4 is 5.32 Å². The van der Waals surface area contributed by atoms with Gasteiger partial charge in [0.15, 0.2) is 0 Å². The Hall–Kier alpha value is -3.92. The predicted octanol–water partition coefficient (Wildman–Crippen LogP) is 4.97. The number of rotatable bonds is 4. The van der Waals surface area contributed by atoms with Crippen molar-refractivity contribution < 1.29 is 32.7 Å². The fourth-order valence-corrected chi connectivity index (χ4v) is 6.45. The lowest BCUT2D eigenvalue weighted by atomic mass is 9.89. The minimum absolute atomic E-state index is 0.0354. The van der Waals surface area contributed by atoms with Crippen molar-refractivity contribution in [2.75, 3.05) is 32.7 Å². The van der Waals surface area contributed by atoms with Crippen molar-refractivity contribution >= 4 is 28.6 Å². The summed E-state index contributed by atoms with van der Waals surface area (Å²) in [6.45, 7) is 8.78. The van der Waals surface area contributed by atoms with E-state index in [0.29, 0.717) is 11.8 Å². The van der Waals surface area contributed by atoms with E-state index in [1.165, 1.54) is 5.56 Å². The number of aliphatic carboxylic acids is 1. The first-order valence-electron chi connectivity index (χ1n) is 13.6. The largest absolute Gasteiger partial charge is 0.490 e. The number of alkyl halides is 3. The molecule has 7 nitrogen and oxygen atoms in total. The van der Waals surface area contributed by atoms with E-state index in [1.54, 1.807) is 0 Å². The molecule has 2 saturated heterocycles. The molecule has 2 N–H and O–H groups in total. The monoisotopic (exact) mass is 567 g/mol. The van der Waals surface area contributed by atoms with Crippen LogP contribution in [0.5, 0.6) is 0 Å². The number of fused-ring (bicyclic) bond motifs is 1. The summed E-state index contributed by atoms with van der Waals surface area (Å²) in [5.74, 6) is -1.45. The Labute approximate surface area is 235 Å². The van der Waals surface area contributed by atoms with Crippen molar-refractivity contribution in [2.24, 2.45) is 11.8 Å². The molecule has 2 amide bonds. The smallest absolute Gasteiger partial charge is 0.475 e. The van der Waals surface area contributed by atoms with Gasteiger partial charge in [-0.05, 0) is 65.6 Å². The Morgan fingerprint density at radius 2 is 1.49 bits per heavy atom. The summed E-state index contributed by atoms with van der Waals surface area (Å²) in [4.78, 5) is 39.5. The lowest BCUT2D eigenvalue weighted by Crippen LogP contribution is -2.37. The lowest BCUT2D eigenvalue weighted by molar-refractivity contribution is -0.192. The molecule has 3 aromatic rings. The molecule has 0 aromatic heterocycles. The van der Waals surface area contributed by atoms with Crippen molar-refractivity contribution in [3.63, 3.8) is 0 Å². The first-order chi connectivity index (χ1) is 19.4. The summed E-state index contributed by atoms with van der Waals surface area (Å²) < 4.78 is 31.7. The van der Waals surface area contributed by atoms with Crippen LogP contribution in [0.15, 0.2) is 54.6 Å². The Bertz CT molecular complexity index is 1470. The van der Waals surface area contributed by atoms with Gasteiger partial charge in [0.1, 0.15) is 0 Å². The third kappa shape index (κ3) is 5.79. The van der Waals surface area contributed by atoms with Crippen molar-refractivity contribution in [2.45, 2.75) is 32.5 Å². The van der Waals surface area contributed by atoms with Gasteiger partial charge < -0.3 is 20.2 Å². The molecule has 41 heavy (non-hydrogen) atoms. The second kappa shape index (κ2) is 11.2. The predicted molar refractivity (Wildman–Crippen MR) is 148 cm³/mol. The summed E-state index contributed by atoms with van der Waals surface area (Å²) in [7, 11) is 0. The van der Waals surface area contributed by atoms with Gasteiger partial charge in [0, 0.05) is 43.9 Å². The third-order valence-electron chi connectivity index (χ3n) is 8.38. The zero-order valence-electron chi connectivity index (χ0n) is 22.9. The van der Waals surface area contributed by atoms with Gasteiger partial charge in [0.25, 0.3) is 11.8 Å². The third-order valence-corrected chi connectivity index (χ3v) is 8.38. The van der Waals surface area contributed by atoms with Crippen molar-refractivity contribution in [1.82, 2.24) is 15.1 Å². The minimum atomic E-state index is -5.08. The van der Waals surface area contributed by atoms with Crippen LogP contribution in [-0.4, -0.2) is 71.6 Å². The van der Waals surface area contributed by atoms with Crippen LogP contribution in [0.3, 0.4) is 0 Å². The second-order valence-corrected chi connectivity index (χ2v) is 11.1. The zero-order chi connectivity index (χ0) is 29.5. The zero-order valence-corrected chi connectivity index (χ0v) is 22.9. The number of carboxylic acid groups (broad SMARTS) is 1. The summed E-state index contributed by atoms with van der Waals surface area (Å²) in [5, 5.41) is 12.6. The van der Waals surface area contributed by atoms with Crippen LogP contribution in [0.1, 0.15) is 49.9 Å². The molecule has 6 rings (SSSR count). The molecule has 2 fully saturated rings. The average molecular weight is 568 g/mol. The van der Waals surface area contributed by atoms with E-state index >= 15 is 0 Å². The maximum absolute atomic E-state index is 13.2. The molecule has 3 heterocycles. The average Bonchev–Trinajstić information content (AvgIpc) is 3.49. The maximum atomic E-state index is 13.2. The first-order valence-corrected chi connectivity index (χ1v) is 13.6. The molecule has 3 atom stereocenters. The highest BCUT2D eigenvalue weighted by atomic mass is 19.4. The number of aryl methyl sites for hydroxylation is 2. The van der Waals surface area contributed by atoms with Gasteiger partial charge in [-0.25, -0.2) is 4.79 Å². The number of nitrogens with one attached hydrogen (secondary N) is 1. The number of carbonyl (C=O) groups is 3. The van der Waals surface area contributed by atoms with E-state index in [2.05, 4.69) is 39.4 Å². The number of hydrogen-bond donors (Lipinski definition) is 2. The Kier molecular flexibility index (Phi) is 7.78. The van der Waals surface area contributed by atoms with E-state index in [4.69, 9.17) is 9.90 Å². The Morgan fingerprint density at radius 3 is 2.07 bits per heavy atom. The molecular weight excluding hydrogens is 535 g/mol. The van der Waals surface area contributed by atoms with Crippen LogP contribution in [-0.2, 0) is 4.79 Å². The van der Waals surface area contributed by atoms with Gasteiger partial charge in [0.2, 0.25) is 0 Å². The SMILES string of the molecule is Cc1cccc(C)c1C(=O)N1CC2CN(CCC3NC(=O)c4cccc5cccc3c45)C[C@H]2C1.O=C(O)C(F)(F)F. The second-order valence-electron chi connectivity index (χ2n) is 11.1. The summed E-state index contributed by atoms with van der Waals surface area (Å²) >= 11 is 0. The van der Waals surface area contributed by atoms with Gasteiger partial charge in [-0.3, -0.25) is 9.59 Å². The quantitative estimate of drug-likeness (QED) is 0.465. The van der Waals surface area contributed by atoms with Crippen LogP contribution >= 0.6 is 0 Å². The molecule has 0 radical (unpaired) electrons. The molecule has 0 bridgehead atoms. The standard InChI is InChI=1S/C29H31N3O2.C2HF3O2/c1-18-6-3-7-19(2)26(18)29(34)32-16-21-14-31(15-22(21)17-32)13-12-25-23-10-4-8-20-9-5-11-24(27(20)23)28(33)30-25;3-2(4,5)1(6)7/h3-11,21-22,25H,12-17H2,1-2H3,(H,30,33);(H,6,7)/t21-,22?,25?;/m0./s1. The van der Waals surface area contributed by atoms with Crippen LogP contribution in [0, 0.1) is 25.7 Å². The number of likely N-dealkylation sites (tertiary alicyclic amines) is 2. The van der Waals surface area contributed by atoms with Gasteiger partial charge in [0.05, 0.1) is 6.04 Å². The van der Waals surface area contributed by atoms with Crippen LogP contribution in [0.25, 0.3) is 10.8 Å². The number of hydrogen-bond acceptors (Lipinski definition) is 4. The molecule has 3 aromatic carbocycles. The topological polar surface area (TPSA) is 90.0 Å². The van der Waals surface area contributed by atoms with Gasteiger partial charge in [-0.1, -0.05) is 48.5 Å². The van der Waals surface area contributed by atoms with Gasteiger partial charge in [-0.15, -0.1) is 0 Å². The van der Waals surface area contributed by atoms with E-state index in [-0.39, 0.29) is 17.9 Å². The number of halogens is 3. The highest BCUT2D eigenvalue weighted by Gasteiger charge is 2.42. The highest BCUT2D eigenvalue weighted by molar-refractivity contribution is 6.10. The minimum Gasteiger partial charge on any atom is -0.475 e. The molecule has 216 valence electrons. The number of carboxylic acids is 1. The highest BCUT2D eigenvalue weighted by Crippen LogP contribution is 2.36. The number of nitrogens with zero attached hydrogens (tertiary/aromatic N) is 2. The van der Waals surface area contributed by atoms with E-state index in [0.717, 1.165) is 72.2 Å². The van der Waals surface area contributed by atoms with Crippen molar-refractivity contribution in [3.05, 3.63) is 82.4 Å². The Morgan fingerprint density at radius 1 is 0.927 bits per heavy atom.